The number of hydrogen-bond donors (Lipinski definition) is 0. The molecule has 0 radical (unpaired) electrons. The number of ketones is 2. The van der Waals surface area contributed by atoms with Gasteiger partial charge in [-0.05, 0) is 54.8 Å². The van der Waals surface area contributed by atoms with Crippen LogP contribution in [-0.4, -0.2) is 30.2 Å². The lowest BCUT2D eigenvalue weighted by atomic mass is 10.0. The Morgan fingerprint density at radius 2 is 1.41 bits per heavy atom. The average molecular weight is 450 g/mol. The number of fused-ring (bicyclic) bond motifs is 3. The summed E-state index contributed by atoms with van der Waals surface area (Å²) in [4.78, 5) is 27.2. The van der Waals surface area contributed by atoms with E-state index in [9.17, 15) is 9.59 Å². The minimum atomic E-state index is -0.212. The molecule has 34 heavy (non-hydrogen) atoms. The van der Waals surface area contributed by atoms with Crippen LogP contribution in [0.1, 0.15) is 37.5 Å². The Balaban J connectivity index is 1.77. The van der Waals surface area contributed by atoms with Gasteiger partial charge in [0.25, 0.3) is 0 Å². The lowest BCUT2D eigenvalue weighted by Crippen LogP contribution is -2.06. The first kappa shape index (κ1) is 21.5. The Bertz CT molecular complexity index is 1560. The van der Waals surface area contributed by atoms with Crippen molar-refractivity contribution >= 4 is 28.0 Å². The number of methoxy groups -OCH3 is 2. The van der Waals surface area contributed by atoms with E-state index in [2.05, 4.69) is 6.07 Å². The summed E-state index contributed by atoms with van der Waals surface area (Å²) in [6.07, 6.45) is 0. The molecule has 0 atom stereocenters. The summed E-state index contributed by atoms with van der Waals surface area (Å²) in [6, 6.07) is 25.8. The van der Waals surface area contributed by atoms with Gasteiger partial charge in [-0.15, -0.1) is 0 Å². The van der Waals surface area contributed by atoms with Gasteiger partial charge in [-0.3, -0.25) is 9.59 Å². The predicted octanol–water partition coefficient (Wildman–Crippen LogP) is 5.88. The molecule has 0 amide bonds. The fourth-order valence-corrected chi connectivity index (χ4v) is 4.35. The van der Waals surface area contributed by atoms with Crippen molar-refractivity contribution in [2.75, 3.05) is 14.2 Å². The second kappa shape index (κ2) is 8.52. The monoisotopic (exact) mass is 449 g/mol. The maximum atomic E-state index is 13.8. The van der Waals surface area contributed by atoms with Crippen LogP contribution >= 0.6 is 0 Å². The second-order valence-corrected chi connectivity index (χ2v) is 8.15. The molecule has 0 fully saturated rings. The van der Waals surface area contributed by atoms with Crippen molar-refractivity contribution < 1.29 is 19.1 Å². The quantitative estimate of drug-likeness (QED) is 0.304. The summed E-state index contributed by atoms with van der Waals surface area (Å²) in [6.45, 7) is 2.03. The van der Waals surface area contributed by atoms with Gasteiger partial charge >= 0.3 is 0 Å². The van der Waals surface area contributed by atoms with Gasteiger partial charge in [0.2, 0.25) is 5.78 Å². The number of hydrogen-bond acceptors (Lipinski definition) is 4. The summed E-state index contributed by atoms with van der Waals surface area (Å²) in [5, 5.41) is 0.989. The van der Waals surface area contributed by atoms with Crippen molar-refractivity contribution in [3.8, 4) is 11.5 Å². The Hall–Kier alpha value is -4.38. The SMILES string of the molecule is COc1ccc(C(=O)c2cc(C(=O)c3ccccc3)c3ccc4cc(C)ccc4n23)cc1OC. The van der Waals surface area contributed by atoms with Crippen LogP contribution in [0.4, 0.5) is 0 Å². The van der Waals surface area contributed by atoms with E-state index in [1.165, 1.54) is 7.11 Å². The molecule has 5 aromatic rings. The molecule has 5 nitrogen and oxygen atoms in total. The van der Waals surface area contributed by atoms with E-state index in [4.69, 9.17) is 9.47 Å². The normalized spacial score (nSPS) is 11.0. The van der Waals surface area contributed by atoms with Crippen LogP contribution in [-0.2, 0) is 0 Å². The Labute approximate surface area is 197 Å². The van der Waals surface area contributed by atoms with Crippen LogP contribution < -0.4 is 9.47 Å². The average Bonchev–Trinajstić information content (AvgIpc) is 3.27. The molecule has 168 valence electrons. The van der Waals surface area contributed by atoms with Gasteiger partial charge in [0.15, 0.2) is 17.3 Å². The Kier molecular flexibility index (Phi) is 5.38. The zero-order valence-corrected chi connectivity index (χ0v) is 19.2. The van der Waals surface area contributed by atoms with Crippen LogP contribution in [0.25, 0.3) is 16.4 Å². The van der Waals surface area contributed by atoms with Crippen molar-refractivity contribution in [2.45, 2.75) is 6.92 Å². The molecule has 2 heterocycles. The number of carbonyl (C=O) groups excluding carboxylic acids is 2. The lowest BCUT2D eigenvalue weighted by molar-refractivity contribution is 0.103. The molecule has 0 saturated heterocycles. The molecular weight excluding hydrogens is 426 g/mol. The molecule has 0 aliphatic rings. The Morgan fingerprint density at radius 3 is 2.15 bits per heavy atom. The lowest BCUT2D eigenvalue weighted by Gasteiger charge is -2.11. The van der Waals surface area contributed by atoms with E-state index in [1.54, 1.807) is 43.5 Å². The van der Waals surface area contributed by atoms with Crippen molar-refractivity contribution in [2.24, 2.45) is 0 Å². The van der Waals surface area contributed by atoms with E-state index in [0.29, 0.717) is 39.4 Å². The van der Waals surface area contributed by atoms with Crippen molar-refractivity contribution in [1.82, 2.24) is 4.40 Å². The molecule has 0 aliphatic heterocycles. The zero-order chi connectivity index (χ0) is 23.8. The second-order valence-electron chi connectivity index (χ2n) is 8.15. The van der Waals surface area contributed by atoms with Crippen molar-refractivity contribution in [1.29, 1.82) is 0 Å². The van der Waals surface area contributed by atoms with Gasteiger partial charge in [-0.1, -0.05) is 48.0 Å². The van der Waals surface area contributed by atoms with Crippen molar-refractivity contribution in [3.05, 3.63) is 113 Å². The van der Waals surface area contributed by atoms with E-state index < -0.39 is 0 Å². The summed E-state index contributed by atoms with van der Waals surface area (Å²) in [7, 11) is 3.08. The minimum Gasteiger partial charge on any atom is -0.493 e. The van der Waals surface area contributed by atoms with Gasteiger partial charge in [-0.25, -0.2) is 0 Å². The van der Waals surface area contributed by atoms with E-state index in [0.717, 1.165) is 16.5 Å². The highest BCUT2D eigenvalue weighted by Gasteiger charge is 2.23. The first-order valence-electron chi connectivity index (χ1n) is 10.9. The standard InChI is InChI=1S/C29H23NO4/c1-18-9-12-23-20(15-18)10-13-24-22(28(31)19-7-5-4-6-8-19)17-25(30(23)24)29(32)21-11-14-26(33-2)27(16-21)34-3/h4-17H,1-3H3. The molecular formula is C29H23NO4. The number of rotatable bonds is 6. The number of pyridine rings is 1. The number of aromatic nitrogens is 1. The first-order chi connectivity index (χ1) is 16.5. The van der Waals surface area contributed by atoms with Gasteiger partial charge in [0, 0.05) is 16.7 Å². The van der Waals surface area contributed by atoms with E-state index in [1.807, 2.05) is 53.8 Å². The molecule has 0 saturated carbocycles. The van der Waals surface area contributed by atoms with E-state index >= 15 is 0 Å². The smallest absolute Gasteiger partial charge is 0.209 e. The third kappa shape index (κ3) is 3.52. The molecule has 0 aliphatic carbocycles. The van der Waals surface area contributed by atoms with Crippen LogP contribution in [0, 0.1) is 6.92 Å². The highest BCUT2D eigenvalue weighted by Crippen LogP contribution is 2.31. The van der Waals surface area contributed by atoms with Crippen LogP contribution in [0.2, 0.25) is 0 Å². The minimum absolute atomic E-state index is 0.129. The fraction of sp³-hybridized carbons (Fsp3) is 0.103. The summed E-state index contributed by atoms with van der Waals surface area (Å²) in [5.41, 5.74) is 4.58. The number of benzene rings is 3. The third-order valence-corrected chi connectivity index (χ3v) is 6.04. The van der Waals surface area contributed by atoms with Gasteiger partial charge in [-0.2, -0.15) is 0 Å². The van der Waals surface area contributed by atoms with Gasteiger partial charge in [0.05, 0.1) is 30.9 Å². The molecule has 0 spiro atoms. The zero-order valence-electron chi connectivity index (χ0n) is 19.2. The fourth-order valence-electron chi connectivity index (χ4n) is 4.35. The molecule has 2 aromatic heterocycles. The molecule has 5 heteroatoms. The molecule has 0 bridgehead atoms. The van der Waals surface area contributed by atoms with Gasteiger partial charge in [0.1, 0.15) is 0 Å². The largest absolute Gasteiger partial charge is 0.493 e. The topological polar surface area (TPSA) is 57.0 Å². The predicted molar refractivity (Wildman–Crippen MR) is 132 cm³/mol. The number of ether oxygens (including phenoxy) is 2. The molecule has 0 unspecified atom stereocenters. The number of carbonyl (C=O) groups is 2. The van der Waals surface area contributed by atoms with Gasteiger partial charge < -0.3 is 13.9 Å². The molecule has 5 rings (SSSR count). The number of nitrogens with zero attached hydrogens (tertiary/aromatic N) is 1. The Morgan fingerprint density at radius 1 is 0.676 bits per heavy atom. The maximum absolute atomic E-state index is 13.8. The highest BCUT2D eigenvalue weighted by molar-refractivity contribution is 6.18. The van der Waals surface area contributed by atoms with Crippen LogP contribution in [0.3, 0.4) is 0 Å². The summed E-state index contributed by atoms with van der Waals surface area (Å²) >= 11 is 0. The first-order valence-corrected chi connectivity index (χ1v) is 10.9. The molecule has 3 aromatic carbocycles. The third-order valence-electron chi connectivity index (χ3n) is 6.04. The van der Waals surface area contributed by atoms with Crippen LogP contribution in [0.5, 0.6) is 11.5 Å². The van der Waals surface area contributed by atoms with E-state index in [-0.39, 0.29) is 11.6 Å². The number of aryl methyl sites for hydroxylation is 1. The maximum Gasteiger partial charge on any atom is 0.209 e. The van der Waals surface area contributed by atoms with Crippen molar-refractivity contribution in [3.63, 3.8) is 0 Å². The molecule has 0 N–H and O–H groups in total. The summed E-state index contributed by atoms with van der Waals surface area (Å²) < 4.78 is 12.6. The van der Waals surface area contributed by atoms with Crippen LogP contribution in [0.15, 0.2) is 84.9 Å². The highest BCUT2D eigenvalue weighted by atomic mass is 16.5. The summed E-state index contributed by atoms with van der Waals surface area (Å²) in [5.74, 6) is 0.669.